The van der Waals surface area contributed by atoms with Crippen LogP contribution in [0.1, 0.15) is 22.8 Å². The van der Waals surface area contributed by atoms with Crippen LogP contribution in [0.2, 0.25) is 0 Å². The molecule has 4 nitrogen and oxygen atoms in total. The van der Waals surface area contributed by atoms with Gasteiger partial charge in [-0.1, -0.05) is 54.1 Å². The number of amides is 2. The molecule has 0 bridgehead atoms. The molecular formula is C27H24N2O2S. The fourth-order valence-electron chi connectivity index (χ4n) is 3.41. The highest BCUT2D eigenvalue weighted by molar-refractivity contribution is 8.00. The number of thioether (sulfide) groups is 1. The molecule has 32 heavy (non-hydrogen) atoms. The number of carbonyl (C=O) groups excluding carboxylic acids is 2. The first-order valence-corrected chi connectivity index (χ1v) is 11.3. The van der Waals surface area contributed by atoms with E-state index in [4.69, 9.17) is 0 Å². The van der Waals surface area contributed by atoms with Gasteiger partial charge in [-0.15, -0.1) is 11.8 Å². The maximum absolute atomic E-state index is 12.7. The zero-order chi connectivity index (χ0) is 22.5. The quantitative estimate of drug-likeness (QED) is 0.336. The number of anilines is 2. The SMILES string of the molecule is Cc1cccc(C(=O)Nc2cccc(SC(C)C(=O)Nc3ccc4ccccc4c3)c2)c1. The van der Waals surface area contributed by atoms with Gasteiger partial charge in [0.2, 0.25) is 5.91 Å². The third-order valence-electron chi connectivity index (χ3n) is 5.07. The zero-order valence-corrected chi connectivity index (χ0v) is 18.8. The van der Waals surface area contributed by atoms with E-state index in [-0.39, 0.29) is 17.1 Å². The highest BCUT2D eigenvalue weighted by atomic mass is 32.2. The van der Waals surface area contributed by atoms with Gasteiger partial charge in [-0.3, -0.25) is 9.59 Å². The lowest BCUT2D eigenvalue weighted by molar-refractivity contribution is -0.115. The smallest absolute Gasteiger partial charge is 0.255 e. The van der Waals surface area contributed by atoms with Gasteiger partial charge in [-0.2, -0.15) is 0 Å². The van der Waals surface area contributed by atoms with Gasteiger partial charge < -0.3 is 10.6 Å². The van der Waals surface area contributed by atoms with E-state index in [1.54, 1.807) is 6.07 Å². The summed E-state index contributed by atoms with van der Waals surface area (Å²) < 4.78 is 0. The minimum absolute atomic E-state index is 0.0699. The summed E-state index contributed by atoms with van der Waals surface area (Å²) >= 11 is 1.45. The van der Waals surface area contributed by atoms with E-state index in [1.165, 1.54) is 11.8 Å². The van der Waals surface area contributed by atoms with Crippen LogP contribution in [0.5, 0.6) is 0 Å². The number of aryl methyl sites for hydroxylation is 1. The zero-order valence-electron chi connectivity index (χ0n) is 18.0. The average molecular weight is 441 g/mol. The van der Waals surface area contributed by atoms with Crippen molar-refractivity contribution in [2.24, 2.45) is 0 Å². The minimum atomic E-state index is -0.302. The molecule has 0 saturated carbocycles. The number of carbonyl (C=O) groups is 2. The van der Waals surface area contributed by atoms with Gasteiger partial charge in [-0.25, -0.2) is 0 Å². The monoisotopic (exact) mass is 440 g/mol. The number of benzene rings is 4. The standard InChI is InChI=1S/C27H24N2O2S/c1-18-7-5-10-22(15-18)27(31)29-23-11-6-12-25(17-23)32-19(2)26(30)28-24-14-13-20-8-3-4-9-21(20)16-24/h3-17,19H,1-2H3,(H,28,30)(H,29,31). The third-order valence-corrected chi connectivity index (χ3v) is 6.16. The fraction of sp³-hybridized carbons (Fsp3) is 0.111. The Morgan fingerprint density at radius 3 is 2.31 bits per heavy atom. The summed E-state index contributed by atoms with van der Waals surface area (Å²) in [5.41, 5.74) is 3.13. The van der Waals surface area contributed by atoms with E-state index in [9.17, 15) is 9.59 Å². The Bertz CT molecular complexity index is 1290. The van der Waals surface area contributed by atoms with E-state index in [0.717, 1.165) is 26.9 Å². The van der Waals surface area contributed by atoms with E-state index >= 15 is 0 Å². The van der Waals surface area contributed by atoms with Crippen LogP contribution >= 0.6 is 11.8 Å². The van der Waals surface area contributed by atoms with Crippen LogP contribution in [0.4, 0.5) is 11.4 Å². The summed E-state index contributed by atoms with van der Waals surface area (Å²) in [6, 6.07) is 29.0. The summed E-state index contributed by atoms with van der Waals surface area (Å²) in [6.45, 7) is 3.83. The molecule has 0 aliphatic rings. The van der Waals surface area contributed by atoms with Crippen LogP contribution in [-0.4, -0.2) is 17.1 Å². The lowest BCUT2D eigenvalue weighted by atomic mass is 10.1. The van der Waals surface area contributed by atoms with Crippen molar-refractivity contribution in [2.45, 2.75) is 24.0 Å². The molecule has 0 saturated heterocycles. The predicted molar refractivity (Wildman–Crippen MR) is 133 cm³/mol. The first kappa shape index (κ1) is 21.7. The van der Waals surface area contributed by atoms with Crippen LogP contribution < -0.4 is 10.6 Å². The van der Waals surface area contributed by atoms with Crippen molar-refractivity contribution in [3.63, 3.8) is 0 Å². The number of hydrogen-bond donors (Lipinski definition) is 2. The molecule has 0 heterocycles. The first-order valence-electron chi connectivity index (χ1n) is 10.4. The number of nitrogens with one attached hydrogen (secondary N) is 2. The maximum atomic E-state index is 12.7. The molecule has 0 fully saturated rings. The molecule has 4 aromatic rings. The molecule has 0 radical (unpaired) electrons. The molecule has 1 atom stereocenters. The molecule has 4 rings (SSSR count). The number of hydrogen-bond acceptors (Lipinski definition) is 3. The molecule has 0 aliphatic carbocycles. The van der Waals surface area contributed by atoms with Crippen molar-refractivity contribution >= 4 is 45.7 Å². The van der Waals surface area contributed by atoms with Gasteiger partial charge in [0.25, 0.3) is 5.91 Å². The van der Waals surface area contributed by atoms with Gasteiger partial charge >= 0.3 is 0 Å². The van der Waals surface area contributed by atoms with Crippen LogP contribution in [-0.2, 0) is 4.79 Å². The summed E-state index contributed by atoms with van der Waals surface area (Å²) in [4.78, 5) is 26.2. The second kappa shape index (κ2) is 9.71. The molecule has 0 aliphatic heterocycles. The molecule has 1 unspecified atom stereocenters. The average Bonchev–Trinajstić information content (AvgIpc) is 2.79. The normalized spacial score (nSPS) is 11.7. The van der Waals surface area contributed by atoms with Crippen LogP contribution in [0, 0.1) is 6.92 Å². The van der Waals surface area contributed by atoms with Crippen molar-refractivity contribution in [1.82, 2.24) is 0 Å². The molecule has 0 aromatic heterocycles. The molecule has 5 heteroatoms. The van der Waals surface area contributed by atoms with Gasteiger partial charge in [0, 0.05) is 21.8 Å². The molecule has 0 spiro atoms. The van der Waals surface area contributed by atoms with Crippen LogP contribution in [0.25, 0.3) is 10.8 Å². The number of rotatable bonds is 6. The van der Waals surface area contributed by atoms with Crippen LogP contribution in [0.15, 0.2) is 95.9 Å². The number of fused-ring (bicyclic) bond motifs is 1. The second-order valence-corrected chi connectivity index (χ2v) is 9.08. The largest absolute Gasteiger partial charge is 0.325 e. The Morgan fingerprint density at radius 1 is 0.750 bits per heavy atom. The Balaban J connectivity index is 1.39. The van der Waals surface area contributed by atoms with Gasteiger partial charge in [0.1, 0.15) is 0 Å². The Morgan fingerprint density at radius 2 is 1.50 bits per heavy atom. The summed E-state index contributed by atoms with van der Waals surface area (Å²) in [7, 11) is 0. The van der Waals surface area contributed by atoms with E-state index in [0.29, 0.717) is 11.3 Å². The summed E-state index contributed by atoms with van der Waals surface area (Å²) in [5, 5.41) is 7.85. The van der Waals surface area contributed by atoms with E-state index < -0.39 is 0 Å². The summed E-state index contributed by atoms with van der Waals surface area (Å²) in [5.74, 6) is -0.225. The second-order valence-electron chi connectivity index (χ2n) is 7.66. The van der Waals surface area contributed by atoms with Crippen molar-refractivity contribution in [3.05, 3.63) is 102 Å². The third kappa shape index (κ3) is 5.37. The lowest BCUT2D eigenvalue weighted by Crippen LogP contribution is -2.22. The van der Waals surface area contributed by atoms with Crippen molar-refractivity contribution in [3.8, 4) is 0 Å². The summed E-state index contributed by atoms with van der Waals surface area (Å²) in [6.07, 6.45) is 0. The molecule has 160 valence electrons. The molecule has 4 aromatic carbocycles. The van der Waals surface area contributed by atoms with E-state index in [2.05, 4.69) is 10.6 Å². The highest BCUT2D eigenvalue weighted by Gasteiger charge is 2.15. The van der Waals surface area contributed by atoms with Gasteiger partial charge in [0.05, 0.1) is 5.25 Å². The van der Waals surface area contributed by atoms with Gasteiger partial charge in [0.15, 0.2) is 0 Å². The van der Waals surface area contributed by atoms with Gasteiger partial charge in [-0.05, 0) is 67.1 Å². The lowest BCUT2D eigenvalue weighted by Gasteiger charge is -2.13. The predicted octanol–water partition coefficient (Wildman–Crippen LogP) is 6.52. The fourth-order valence-corrected chi connectivity index (χ4v) is 4.33. The molecule has 2 amide bonds. The Kier molecular flexibility index (Phi) is 6.57. The maximum Gasteiger partial charge on any atom is 0.255 e. The van der Waals surface area contributed by atoms with Crippen molar-refractivity contribution in [1.29, 1.82) is 0 Å². The first-order chi connectivity index (χ1) is 15.5. The Labute approximate surface area is 192 Å². The molecule has 2 N–H and O–H groups in total. The van der Waals surface area contributed by atoms with Crippen molar-refractivity contribution < 1.29 is 9.59 Å². The molecular weight excluding hydrogens is 416 g/mol. The van der Waals surface area contributed by atoms with Crippen molar-refractivity contribution in [2.75, 3.05) is 10.6 Å². The van der Waals surface area contributed by atoms with E-state index in [1.807, 2.05) is 98.8 Å². The topological polar surface area (TPSA) is 58.2 Å². The minimum Gasteiger partial charge on any atom is -0.325 e. The van der Waals surface area contributed by atoms with Crippen LogP contribution in [0.3, 0.4) is 0 Å². The Hall–Kier alpha value is -3.57. The highest BCUT2D eigenvalue weighted by Crippen LogP contribution is 2.27.